The lowest BCUT2D eigenvalue weighted by molar-refractivity contribution is 0.100. The molecule has 22 heavy (non-hydrogen) atoms. The Labute approximate surface area is 127 Å². The highest BCUT2D eigenvalue weighted by Gasteiger charge is 2.19. The van der Waals surface area contributed by atoms with E-state index < -0.39 is 5.91 Å². The van der Waals surface area contributed by atoms with Gasteiger partial charge in [-0.25, -0.2) is 0 Å². The van der Waals surface area contributed by atoms with Crippen molar-refractivity contribution in [1.82, 2.24) is 4.98 Å². The van der Waals surface area contributed by atoms with Crippen LogP contribution < -0.4 is 10.5 Å². The third-order valence-corrected chi connectivity index (χ3v) is 3.58. The number of aromatic amines is 1. The fraction of sp³-hybridized carbons (Fsp3) is 0.0588. The molecule has 4 N–H and O–H groups in total. The van der Waals surface area contributed by atoms with Crippen molar-refractivity contribution in [3.8, 4) is 5.75 Å². The zero-order valence-electron chi connectivity index (χ0n) is 12.0. The maximum atomic E-state index is 11.8. The molecule has 5 nitrogen and oxygen atoms in total. The summed E-state index contributed by atoms with van der Waals surface area (Å²) < 4.78 is 5.11. The molecule has 0 aliphatic heterocycles. The van der Waals surface area contributed by atoms with E-state index in [1.807, 2.05) is 24.3 Å². The van der Waals surface area contributed by atoms with E-state index >= 15 is 0 Å². The van der Waals surface area contributed by atoms with Gasteiger partial charge in [-0.15, -0.1) is 0 Å². The third kappa shape index (κ3) is 2.22. The predicted molar refractivity (Wildman–Crippen MR) is 85.7 cm³/mol. The molecular weight excluding hydrogens is 278 g/mol. The number of H-pyrrole nitrogens is 1. The number of fused-ring (bicyclic) bond motifs is 1. The summed E-state index contributed by atoms with van der Waals surface area (Å²) in [6.07, 6.45) is 0. The van der Waals surface area contributed by atoms with E-state index in [2.05, 4.69) is 4.98 Å². The Morgan fingerprint density at radius 2 is 1.82 bits per heavy atom. The first kappa shape index (κ1) is 13.9. The van der Waals surface area contributed by atoms with E-state index in [1.54, 1.807) is 31.4 Å². The Bertz CT molecular complexity index is 863. The van der Waals surface area contributed by atoms with Crippen LogP contribution in [-0.2, 0) is 0 Å². The smallest absolute Gasteiger partial charge is 0.251 e. The largest absolute Gasteiger partial charge is 0.497 e. The van der Waals surface area contributed by atoms with E-state index in [9.17, 15) is 4.79 Å². The summed E-state index contributed by atoms with van der Waals surface area (Å²) >= 11 is 0. The van der Waals surface area contributed by atoms with Gasteiger partial charge in [0, 0.05) is 16.5 Å². The number of hydrogen-bond donors (Lipinski definition) is 3. The Kier molecular flexibility index (Phi) is 3.39. The van der Waals surface area contributed by atoms with Crippen molar-refractivity contribution < 1.29 is 9.53 Å². The molecule has 1 amide bonds. The molecule has 1 heterocycles. The second-order valence-electron chi connectivity index (χ2n) is 4.89. The predicted octanol–water partition coefficient (Wildman–Crippen LogP) is 2.69. The number of para-hydroxylation sites is 1. The minimum atomic E-state index is -0.550. The Hall–Kier alpha value is -3.08. The van der Waals surface area contributed by atoms with Crippen molar-refractivity contribution >= 4 is 22.5 Å². The van der Waals surface area contributed by atoms with Gasteiger partial charge in [-0.2, -0.15) is 0 Å². The van der Waals surface area contributed by atoms with Gasteiger partial charge in [-0.3, -0.25) is 10.2 Å². The third-order valence-electron chi connectivity index (χ3n) is 3.58. The average Bonchev–Trinajstić information content (AvgIpc) is 2.94. The zero-order chi connectivity index (χ0) is 15.7. The number of benzene rings is 2. The molecule has 2 aromatic carbocycles. The summed E-state index contributed by atoms with van der Waals surface area (Å²) in [4.78, 5) is 14.9. The Morgan fingerprint density at radius 1 is 1.14 bits per heavy atom. The standard InChI is InChI=1S/C17H15N3O2/c1-22-11-8-6-10(7-9-11)15(18)16-14(17(19)21)12-4-2-3-5-13(12)20-16/h2-9,18,20H,1H3,(H2,19,21). The highest BCUT2D eigenvalue weighted by atomic mass is 16.5. The van der Waals surface area contributed by atoms with Gasteiger partial charge in [0.2, 0.25) is 0 Å². The highest BCUT2D eigenvalue weighted by molar-refractivity contribution is 6.20. The minimum Gasteiger partial charge on any atom is -0.497 e. The lowest BCUT2D eigenvalue weighted by Crippen LogP contribution is -2.16. The molecule has 3 aromatic rings. The van der Waals surface area contributed by atoms with Crippen molar-refractivity contribution in [2.75, 3.05) is 7.11 Å². The number of nitrogens with one attached hydrogen (secondary N) is 2. The minimum absolute atomic E-state index is 0.215. The van der Waals surface area contributed by atoms with E-state index in [-0.39, 0.29) is 5.71 Å². The summed E-state index contributed by atoms with van der Waals surface area (Å²) in [6.45, 7) is 0. The van der Waals surface area contributed by atoms with Crippen LogP contribution in [0.15, 0.2) is 48.5 Å². The fourth-order valence-electron chi connectivity index (χ4n) is 2.49. The van der Waals surface area contributed by atoms with Crippen LogP contribution in [0.4, 0.5) is 0 Å². The van der Waals surface area contributed by atoms with E-state index in [0.29, 0.717) is 22.6 Å². The van der Waals surface area contributed by atoms with Crippen LogP contribution in [0.5, 0.6) is 5.75 Å². The normalized spacial score (nSPS) is 10.6. The average molecular weight is 293 g/mol. The maximum Gasteiger partial charge on any atom is 0.251 e. The molecule has 0 aliphatic rings. The number of hydrogen-bond acceptors (Lipinski definition) is 3. The molecule has 0 fully saturated rings. The number of carbonyl (C=O) groups excluding carboxylic acids is 1. The molecule has 0 atom stereocenters. The molecule has 0 saturated carbocycles. The number of nitrogens with two attached hydrogens (primary N) is 1. The van der Waals surface area contributed by atoms with Crippen molar-refractivity contribution in [1.29, 1.82) is 5.41 Å². The summed E-state index contributed by atoms with van der Waals surface area (Å²) in [5, 5.41) is 9.11. The van der Waals surface area contributed by atoms with Crippen LogP contribution in [0.25, 0.3) is 10.9 Å². The van der Waals surface area contributed by atoms with Crippen molar-refractivity contribution in [2.24, 2.45) is 5.73 Å². The van der Waals surface area contributed by atoms with E-state index in [4.69, 9.17) is 15.9 Å². The van der Waals surface area contributed by atoms with Gasteiger partial charge in [-0.05, 0) is 30.3 Å². The van der Waals surface area contributed by atoms with Crippen LogP contribution in [0, 0.1) is 5.41 Å². The Morgan fingerprint density at radius 3 is 2.45 bits per heavy atom. The molecule has 0 bridgehead atoms. The van der Waals surface area contributed by atoms with Gasteiger partial charge >= 0.3 is 0 Å². The van der Waals surface area contributed by atoms with Crippen LogP contribution in [0.1, 0.15) is 21.6 Å². The summed E-state index contributed by atoms with van der Waals surface area (Å²) in [5.41, 5.74) is 7.96. The zero-order valence-corrected chi connectivity index (χ0v) is 12.0. The number of ether oxygens (including phenoxy) is 1. The lowest BCUT2D eigenvalue weighted by atomic mass is 10.0. The quantitative estimate of drug-likeness (QED) is 0.645. The SMILES string of the molecule is COc1ccc(C(=N)c2[nH]c3ccccc3c2C(N)=O)cc1. The van der Waals surface area contributed by atoms with Gasteiger partial charge in [0.05, 0.1) is 24.1 Å². The number of rotatable bonds is 4. The molecule has 0 radical (unpaired) electrons. The van der Waals surface area contributed by atoms with E-state index in [1.165, 1.54) is 0 Å². The van der Waals surface area contributed by atoms with Crippen LogP contribution in [0.3, 0.4) is 0 Å². The molecule has 110 valence electrons. The van der Waals surface area contributed by atoms with Crippen LogP contribution in [-0.4, -0.2) is 23.7 Å². The second kappa shape index (κ2) is 5.37. The molecule has 3 rings (SSSR count). The van der Waals surface area contributed by atoms with Gasteiger partial charge in [0.1, 0.15) is 5.75 Å². The molecule has 0 aliphatic carbocycles. The monoisotopic (exact) mass is 293 g/mol. The van der Waals surface area contributed by atoms with Gasteiger partial charge in [-0.1, -0.05) is 18.2 Å². The maximum absolute atomic E-state index is 11.8. The molecule has 0 spiro atoms. The van der Waals surface area contributed by atoms with Crippen LogP contribution in [0.2, 0.25) is 0 Å². The molecule has 5 heteroatoms. The van der Waals surface area contributed by atoms with Gasteiger partial charge < -0.3 is 15.5 Å². The van der Waals surface area contributed by atoms with Crippen LogP contribution >= 0.6 is 0 Å². The first-order valence-corrected chi connectivity index (χ1v) is 6.75. The number of amides is 1. The Balaban J connectivity index is 2.13. The summed E-state index contributed by atoms with van der Waals surface area (Å²) in [5.74, 6) is 0.161. The number of methoxy groups -OCH3 is 1. The van der Waals surface area contributed by atoms with Crippen molar-refractivity contribution in [2.45, 2.75) is 0 Å². The topological polar surface area (TPSA) is 92.0 Å². The highest BCUT2D eigenvalue weighted by Crippen LogP contribution is 2.24. The molecular formula is C17H15N3O2. The fourth-order valence-corrected chi connectivity index (χ4v) is 2.49. The van der Waals surface area contributed by atoms with Crippen molar-refractivity contribution in [3.05, 3.63) is 65.4 Å². The first-order valence-electron chi connectivity index (χ1n) is 6.75. The van der Waals surface area contributed by atoms with Gasteiger partial charge in [0.15, 0.2) is 0 Å². The first-order chi connectivity index (χ1) is 10.6. The molecule has 0 unspecified atom stereocenters. The number of primary amides is 1. The summed E-state index contributed by atoms with van der Waals surface area (Å²) in [6, 6.07) is 14.5. The second-order valence-corrected chi connectivity index (χ2v) is 4.89. The summed E-state index contributed by atoms with van der Waals surface area (Å²) in [7, 11) is 1.59. The number of aromatic nitrogens is 1. The van der Waals surface area contributed by atoms with E-state index in [0.717, 1.165) is 10.9 Å². The lowest BCUT2D eigenvalue weighted by Gasteiger charge is -2.06. The molecule has 1 aromatic heterocycles. The number of carbonyl (C=O) groups is 1. The van der Waals surface area contributed by atoms with Crippen molar-refractivity contribution in [3.63, 3.8) is 0 Å². The molecule has 0 saturated heterocycles. The van der Waals surface area contributed by atoms with Gasteiger partial charge in [0.25, 0.3) is 5.91 Å².